The Morgan fingerprint density at radius 1 is 1.33 bits per heavy atom. The van der Waals surface area contributed by atoms with Crippen molar-refractivity contribution in [2.45, 2.75) is 51.2 Å². The Morgan fingerprint density at radius 3 is 2.72 bits per heavy atom. The van der Waals surface area contributed by atoms with Crippen LogP contribution in [0.4, 0.5) is 0 Å². The number of benzene rings is 1. The van der Waals surface area contributed by atoms with E-state index in [9.17, 15) is 10.2 Å². The maximum Gasteiger partial charge on any atom is 0.128 e. The van der Waals surface area contributed by atoms with Gasteiger partial charge in [0.2, 0.25) is 0 Å². The quantitative estimate of drug-likeness (QED) is 0.863. The predicted octanol–water partition coefficient (Wildman–Crippen LogP) is 2.60. The first kappa shape index (κ1) is 13.4. The van der Waals surface area contributed by atoms with Crippen molar-refractivity contribution in [1.29, 1.82) is 0 Å². The highest BCUT2D eigenvalue weighted by Crippen LogP contribution is 2.39. The molecule has 100 valence electrons. The number of aliphatic hydroxyl groups excluding tert-OH is 1. The van der Waals surface area contributed by atoms with Crippen LogP contribution in [0.5, 0.6) is 5.75 Å². The van der Waals surface area contributed by atoms with Crippen molar-refractivity contribution in [3.05, 3.63) is 29.3 Å². The average Bonchev–Trinajstić information content (AvgIpc) is 2.45. The molecular weight excluding hydrogens is 228 g/mol. The van der Waals surface area contributed by atoms with E-state index < -0.39 is 11.7 Å². The second-order valence-electron chi connectivity index (χ2n) is 5.00. The van der Waals surface area contributed by atoms with E-state index in [1.807, 2.05) is 32.0 Å². The molecule has 0 spiro atoms. The van der Waals surface area contributed by atoms with Gasteiger partial charge < -0.3 is 14.9 Å². The van der Waals surface area contributed by atoms with Crippen LogP contribution in [0.15, 0.2) is 18.2 Å². The molecule has 3 nitrogen and oxygen atoms in total. The van der Waals surface area contributed by atoms with E-state index >= 15 is 0 Å². The molecule has 0 radical (unpaired) electrons. The van der Waals surface area contributed by atoms with Crippen molar-refractivity contribution < 1.29 is 14.9 Å². The van der Waals surface area contributed by atoms with Crippen LogP contribution >= 0.6 is 0 Å². The fourth-order valence-corrected chi connectivity index (χ4v) is 2.56. The van der Waals surface area contributed by atoms with Gasteiger partial charge in [0.1, 0.15) is 11.9 Å². The summed E-state index contributed by atoms with van der Waals surface area (Å²) in [5, 5.41) is 20.9. The Labute approximate surface area is 108 Å². The van der Waals surface area contributed by atoms with E-state index in [4.69, 9.17) is 4.74 Å². The first-order valence-corrected chi connectivity index (χ1v) is 6.77. The lowest BCUT2D eigenvalue weighted by molar-refractivity contribution is -0.0830. The Kier molecular flexibility index (Phi) is 3.93. The zero-order valence-electron chi connectivity index (χ0n) is 11.1. The van der Waals surface area contributed by atoms with Crippen LogP contribution in [0, 0.1) is 0 Å². The van der Waals surface area contributed by atoms with Gasteiger partial charge >= 0.3 is 0 Å². The van der Waals surface area contributed by atoms with Crippen molar-refractivity contribution in [3.8, 4) is 5.75 Å². The molecule has 3 heteroatoms. The van der Waals surface area contributed by atoms with Crippen LogP contribution in [0.25, 0.3) is 0 Å². The van der Waals surface area contributed by atoms with Gasteiger partial charge in [0.05, 0.1) is 12.2 Å². The number of rotatable bonds is 4. The van der Waals surface area contributed by atoms with Gasteiger partial charge in [-0.05, 0) is 31.2 Å². The highest BCUT2D eigenvalue weighted by Gasteiger charge is 2.35. The smallest absolute Gasteiger partial charge is 0.128 e. The molecule has 1 atom stereocenters. The number of fused-ring (bicyclic) bond motifs is 1. The lowest BCUT2D eigenvalue weighted by atomic mass is 9.85. The first-order valence-electron chi connectivity index (χ1n) is 6.77. The van der Waals surface area contributed by atoms with E-state index in [0.717, 1.165) is 29.7 Å². The summed E-state index contributed by atoms with van der Waals surface area (Å²) in [5.74, 6) is 0.775. The van der Waals surface area contributed by atoms with Gasteiger partial charge in [-0.25, -0.2) is 0 Å². The topological polar surface area (TPSA) is 49.7 Å². The van der Waals surface area contributed by atoms with Crippen LogP contribution in [-0.2, 0) is 6.42 Å². The van der Waals surface area contributed by atoms with E-state index in [2.05, 4.69) is 0 Å². The lowest BCUT2D eigenvalue weighted by Crippen LogP contribution is -2.35. The molecular formula is C15H22O3. The Bertz CT molecular complexity index is 410. The third-order valence-corrected chi connectivity index (χ3v) is 3.99. The van der Waals surface area contributed by atoms with Gasteiger partial charge in [-0.3, -0.25) is 0 Å². The molecule has 0 bridgehead atoms. The Balaban J connectivity index is 2.39. The molecule has 1 aliphatic rings. The SMILES string of the molecule is CCC(O)(CC)C(O)c1cccc2c1OCCC2. The number of hydrogen-bond acceptors (Lipinski definition) is 3. The van der Waals surface area contributed by atoms with E-state index in [0.29, 0.717) is 19.4 Å². The molecule has 1 aliphatic heterocycles. The molecule has 1 unspecified atom stereocenters. The number of aliphatic hydroxyl groups is 2. The molecule has 1 aromatic carbocycles. The van der Waals surface area contributed by atoms with Crippen molar-refractivity contribution >= 4 is 0 Å². The summed E-state index contributed by atoms with van der Waals surface area (Å²) in [5.41, 5.74) is 0.779. The van der Waals surface area contributed by atoms with Crippen molar-refractivity contribution in [1.82, 2.24) is 0 Å². The Morgan fingerprint density at radius 2 is 2.06 bits per heavy atom. The zero-order valence-corrected chi connectivity index (χ0v) is 11.1. The van der Waals surface area contributed by atoms with Crippen LogP contribution < -0.4 is 4.74 Å². The third kappa shape index (κ3) is 2.25. The number of aryl methyl sites for hydroxylation is 1. The van der Waals surface area contributed by atoms with E-state index in [1.165, 1.54) is 0 Å². The lowest BCUT2D eigenvalue weighted by Gasteiger charge is -2.33. The minimum atomic E-state index is -1.07. The maximum absolute atomic E-state index is 10.5. The average molecular weight is 250 g/mol. The van der Waals surface area contributed by atoms with E-state index in [1.54, 1.807) is 0 Å². The molecule has 0 amide bonds. The zero-order chi connectivity index (χ0) is 13.2. The molecule has 0 saturated carbocycles. The van der Waals surface area contributed by atoms with Gasteiger partial charge in [-0.15, -0.1) is 0 Å². The second-order valence-corrected chi connectivity index (χ2v) is 5.00. The summed E-state index contributed by atoms with van der Waals surface area (Å²) in [6.45, 7) is 4.47. The number of hydrogen-bond donors (Lipinski definition) is 2. The summed E-state index contributed by atoms with van der Waals surface area (Å²) in [6, 6.07) is 5.81. The van der Waals surface area contributed by atoms with Gasteiger partial charge in [-0.2, -0.15) is 0 Å². The molecule has 18 heavy (non-hydrogen) atoms. The largest absolute Gasteiger partial charge is 0.493 e. The second kappa shape index (κ2) is 5.29. The van der Waals surface area contributed by atoms with Gasteiger partial charge in [0.15, 0.2) is 0 Å². The van der Waals surface area contributed by atoms with Crippen molar-refractivity contribution in [2.75, 3.05) is 6.61 Å². The first-order chi connectivity index (χ1) is 8.62. The summed E-state index contributed by atoms with van der Waals surface area (Å²) in [4.78, 5) is 0. The molecule has 2 rings (SSSR count). The number of para-hydroxylation sites is 1. The molecule has 1 aromatic rings. The minimum absolute atomic E-state index is 0.522. The molecule has 2 N–H and O–H groups in total. The van der Waals surface area contributed by atoms with Crippen LogP contribution in [-0.4, -0.2) is 22.4 Å². The van der Waals surface area contributed by atoms with Crippen molar-refractivity contribution in [2.24, 2.45) is 0 Å². The van der Waals surface area contributed by atoms with Crippen molar-refractivity contribution in [3.63, 3.8) is 0 Å². The van der Waals surface area contributed by atoms with Gasteiger partial charge in [-0.1, -0.05) is 32.0 Å². The molecule has 0 aromatic heterocycles. The van der Waals surface area contributed by atoms with E-state index in [-0.39, 0.29) is 0 Å². The van der Waals surface area contributed by atoms with Gasteiger partial charge in [0.25, 0.3) is 0 Å². The monoisotopic (exact) mass is 250 g/mol. The summed E-state index contributed by atoms with van der Waals surface area (Å²) in [6.07, 6.45) is 2.15. The summed E-state index contributed by atoms with van der Waals surface area (Å²) >= 11 is 0. The molecule has 0 saturated heterocycles. The van der Waals surface area contributed by atoms with Crippen LogP contribution in [0.3, 0.4) is 0 Å². The molecule has 0 fully saturated rings. The molecule has 0 aliphatic carbocycles. The Hall–Kier alpha value is -1.06. The fourth-order valence-electron chi connectivity index (χ4n) is 2.56. The maximum atomic E-state index is 10.5. The molecule has 1 heterocycles. The highest BCUT2D eigenvalue weighted by atomic mass is 16.5. The van der Waals surface area contributed by atoms with Gasteiger partial charge in [0, 0.05) is 5.56 Å². The van der Waals surface area contributed by atoms with Crippen LogP contribution in [0.1, 0.15) is 50.3 Å². The standard InChI is InChI=1S/C15H22O3/c1-3-15(17,4-2)14(16)12-9-5-7-11-8-6-10-18-13(11)12/h5,7,9,14,16-17H,3-4,6,8,10H2,1-2H3. The third-order valence-electron chi connectivity index (χ3n) is 3.99. The number of ether oxygens (including phenoxy) is 1. The summed E-state index contributed by atoms with van der Waals surface area (Å²) in [7, 11) is 0. The van der Waals surface area contributed by atoms with Crippen LogP contribution in [0.2, 0.25) is 0 Å². The highest BCUT2D eigenvalue weighted by molar-refractivity contribution is 5.44. The summed E-state index contributed by atoms with van der Waals surface area (Å²) < 4.78 is 5.69. The fraction of sp³-hybridized carbons (Fsp3) is 0.600. The normalized spacial score (nSPS) is 16.9. The minimum Gasteiger partial charge on any atom is -0.493 e. The predicted molar refractivity (Wildman–Crippen MR) is 70.7 cm³/mol.